The molecule has 2 N–H and O–H groups in total. The Bertz CT molecular complexity index is 679. The fraction of sp³-hybridized carbons (Fsp3) is 0.545. The maximum atomic E-state index is 12.8. The second kappa shape index (κ2) is 10.7. The molecule has 28 heavy (non-hydrogen) atoms. The minimum absolute atomic E-state index is 0.205. The summed E-state index contributed by atoms with van der Waals surface area (Å²) in [5.41, 5.74) is 0.687. The van der Waals surface area contributed by atoms with Crippen molar-refractivity contribution in [2.24, 2.45) is 10.4 Å². The highest BCUT2D eigenvalue weighted by molar-refractivity contribution is 5.85. The van der Waals surface area contributed by atoms with E-state index in [0.29, 0.717) is 19.7 Å². The summed E-state index contributed by atoms with van der Waals surface area (Å²) in [7, 11) is 3.67. The molecule has 0 atom stereocenters. The summed E-state index contributed by atoms with van der Waals surface area (Å²) < 4.78 is 5.72. The van der Waals surface area contributed by atoms with Gasteiger partial charge in [-0.25, -0.2) is 4.99 Å². The van der Waals surface area contributed by atoms with Crippen molar-refractivity contribution in [3.63, 3.8) is 0 Å². The van der Waals surface area contributed by atoms with Gasteiger partial charge in [0.2, 0.25) is 5.91 Å². The number of carbonyl (C=O) groups excluding carboxylic acids is 1. The van der Waals surface area contributed by atoms with Crippen LogP contribution in [0.1, 0.15) is 38.2 Å². The summed E-state index contributed by atoms with van der Waals surface area (Å²) >= 11 is 0. The van der Waals surface area contributed by atoms with E-state index >= 15 is 0 Å². The molecule has 0 aliphatic heterocycles. The van der Waals surface area contributed by atoms with Gasteiger partial charge < -0.3 is 20.3 Å². The summed E-state index contributed by atoms with van der Waals surface area (Å²) in [6, 6.07) is 7.89. The van der Waals surface area contributed by atoms with Crippen molar-refractivity contribution in [2.75, 3.05) is 33.8 Å². The molecule has 0 bridgehead atoms. The van der Waals surface area contributed by atoms with Crippen LogP contribution in [0.2, 0.25) is 0 Å². The van der Waals surface area contributed by atoms with E-state index < -0.39 is 0 Å². The summed E-state index contributed by atoms with van der Waals surface area (Å²) in [6.45, 7) is 8.06. The number of amides is 1. The van der Waals surface area contributed by atoms with Crippen LogP contribution in [0.4, 0.5) is 0 Å². The molecular formula is C22H34N4O2. The average Bonchev–Trinajstić information content (AvgIpc) is 3.18. The first-order chi connectivity index (χ1) is 13.5. The molecule has 1 saturated carbocycles. The van der Waals surface area contributed by atoms with E-state index in [1.165, 1.54) is 0 Å². The number of hydrogen-bond donors (Lipinski definition) is 2. The molecule has 0 unspecified atom stereocenters. The molecule has 6 nitrogen and oxygen atoms in total. The number of benzene rings is 1. The van der Waals surface area contributed by atoms with E-state index in [1.54, 1.807) is 11.0 Å². The Kier molecular flexibility index (Phi) is 8.36. The highest BCUT2D eigenvalue weighted by atomic mass is 16.5. The van der Waals surface area contributed by atoms with E-state index in [1.807, 2.05) is 45.3 Å². The lowest BCUT2D eigenvalue weighted by atomic mass is 9.84. The standard InChI is InChI=1S/C22H34N4O2/c1-5-15-28-19-12-8-7-11-18(19)16-24-21(23-6-2)25-17-22(13-9-10-14-22)20(27)26(3)4/h5,7-8,11-12H,1,6,9-10,13-17H2,2-4H3,(H2,23,24,25). The van der Waals surface area contributed by atoms with Gasteiger partial charge in [0.15, 0.2) is 5.96 Å². The maximum absolute atomic E-state index is 12.8. The molecule has 0 saturated heterocycles. The maximum Gasteiger partial charge on any atom is 0.230 e. The first-order valence-corrected chi connectivity index (χ1v) is 10.1. The van der Waals surface area contributed by atoms with Gasteiger partial charge in [0, 0.05) is 32.7 Å². The quantitative estimate of drug-likeness (QED) is 0.389. The molecule has 2 rings (SSSR count). The Morgan fingerprint density at radius 1 is 1.29 bits per heavy atom. The molecule has 0 heterocycles. The van der Waals surface area contributed by atoms with Gasteiger partial charge in [-0.1, -0.05) is 43.7 Å². The van der Waals surface area contributed by atoms with Crippen molar-refractivity contribution in [3.8, 4) is 5.75 Å². The smallest absolute Gasteiger partial charge is 0.230 e. The Labute approximate surface area is 169 Å². The Hall–Kier alpha value is -2.50. The number of aliphatic imine (C=N–C) groups is 1. The van der Waals surface area contributed by atoms with Crippen LogP contribution in [0, 0.1) is 5.41 Å². The van der Waals surface area contributed by atoms with Gasteiger partial charge >= 0.3 is 0 Å². The largest absolute Gasteiger partial charge is 0.489 e. The van der Waals surface area contributed by atoms with Crippen LogP contribution in [0.15, 0.2) is 41.9 Å². The van der Waals surface area contributed by atoms with Crippen molar-refractivity contribution >= 4 is 11.9 Å². The number of nitrogens with one attached hydrogen (secondary N) is 2. The molecule has 1 fully saturated rings. The number of rotatable bonds is 9. The van der Waals surface area contributed by atoms with Gasteiger partial charge in [0.1, 0.15) is 12.4 Å². The van der Waals surface area contributed by atoms with Crippen molar-refractivity contribution in [1.82, 2.24) is 15.5 Å². The first kappa shape index (κ1) is 21.8. The fourth-order valence-electron chi connectivity index (χ4n) is 3.68. The summed E-state index contributed by atoms with van der Waals surface area (Å²) in [4.78, 5) is 19.2. The SMILES string of the molecule is C=CCOc1ccccc1CN=C(NCC)NCC1(C(=O)N(C)C)CCCC1. The topological polar surface area (TPSA) is 66.0 Å². The number of para-hydroxylation sites is 1. The highest BCUT2D eigenvalue weighted by Gasteiger charge is 2.42. The highest BCUT2D eigenvalue weighted by Crippen LogP contribution is 2.38. The minimum Gasteiger partial charge on any atom is -0.489 e. The summed E-state index contributed by atoms with van der Waals surface area (Å²) in [5, 5.41) is 6.69. The van der Waals surface area contributed by atoms with E-state index in [4.69, 9.17) is 9.73 Å². The lowest BCUT2D eigenvalue weighted by Gasteiger charge is -2.31. The van der Waals surface area contributed by atoms with Gasteiger partial charge in [0.25, 0.3) is 0 Å². The van der Waals surface area contributed by atoms with E-state index in [0.717, 1.165) is 49.5 Å². The van der Waals surface area contributed by atoms with Crippen molar-refractivity contribution in [2.45, 2.75) is 39.2 Å². The molecule has 0 aromatic heterocycles. The number of guanidine groups is 1. The number of carbonyl (C=O) groups is 1. The molecule has 154 valence electrons. The Morgan fingerprint density at radius 2 is 2.00 bits per heavy atom. The number of ether oxygens (including phenoxy) is 1. The molecule has 1 aromatic carbocycles. The minimum atomic E-state index is -0.329. The van der Waals surface area contributed by atoms with E-state index in [2.05, 4.69) is 17.2 Å². The van der Waals surface area contributed by atoms with Gasteiger partial charge in [-0.2, -0.15) is 0 Å². The zero-order chi connectivity index (χ0) is 20.4. The summed E-state index contributed by atoms with van der Waals surface area (Å²) in [5.74, 6) is 1.74. The van der Waals surface area contributed by atoms with E-state index in [9.17, 15) is 4.79 Å². The van der Waals surface area contributed by atoms with Gasteiger partial charge in [-0.15, -0.1) is 0 Å². The van der Waals surface area contributed by atoms with Gasteiger partial charge in [-0.05, 0) is 25.8 Å². The average molecular weight is 387 g/mol. The third kappa shape index (κ3) is 5.75. The number of hydrogen-bond acceptors (Lipinski definition) is 3. The van der Waals surface area contributed by atoms with Crippen LogP contribution in [0.5, 0.6) is 5.75 Å². The zero-order valence-corrected chi connectivity index (χ0v) is 17.5. The molecule has 0 radical (unpaired) electrons. The third-order valence-corrected chi connectivity index (χ3v) is 5.10. The van der Waals surface area contributed by atoms with Crippen molar-refractivity contribution in [3.05, 3.63) is 42.5 Å². The lowest BCUT2D eigenvalue weighted by molar-refractivity contribution is -0.138. The van der Waals surface area contributed by atoms with Crippen LogP contribution in [-0.4, -0.2) is 50.6 Å². The Morgan fingerprint density at radius 3 is 2.64 bits per heavy atom. The second-order valence-electron chi connectivity index (χ2n) is 7.44. The normalized spacial score (nSPS) is 15.8. The predicted molar refractivity (Wildman–Crippen MR) is 115 cm³/mol. The monoisotopic (exact) mass is 386 g/mol. The van der Waals surface area contributed by atoms with Crippen LogP contribution in [0.25, 0.3) is 0 Å². The predicted octanol–water partition coefficient (Wildman–Crippen LogP) is 2.96. The van der Waals surface area contributed by atoms with Crippen molar-refractivity contribution in [1.29, 1.82) is 0 Å². The Balaban J connectivity index is 2.08. The molecule has 1 aromatic rings. The van der Waals surface area contributed by atoms with Gasteiger partial charge in [-0.3, -0.25) is 4.79 Å². The number of nitrogens with zero attached hydrogens (tertiary/aromatic N) is 2. The van der Waals surface area contributed by atoms with Crippen LogP contribution in [-0.2, 0) is 11.3 Å². The van der Waals surface area contributed by atoms with E-state index in [-0.39, 0.29) is 11.3 Å². The fourth-order valence-corrected chi connectivity index (χ4v) is 3.68. The molecular weight excluding hydrogens is 352 g/mol. The van der Waals surface area contributed by atoms with Crippen molar-refractivity contribution < 1.29 is 9.53 Å². The van der Waals surface area contributed by atoms with Gasteiger partial charge in [0.05, 0.1) is 12.0 Å². The second-order valence-corrected chi connectivity index (χ2v) is 7.44. The molecule has 1 aliphatic rings. The molecule has 1 aliphatic carbocycles. The first-order valence-electron chi connectivity index (χ1n) is 10.1. The van der Waals surface area contributed by atoms with Crippen LogP contribution in [0.3, 0.4) is 0 Å². The van der Waals surface area contributed by atoms with Crippen LogP contribution >= 0.6 is 0 Å². The molecule has 1 amide bonds. The molecule has 0 spiro atoms. The molecule has 6 heteroatoms. The third-order valence-electron chi connectivity index (χ3n) is 5.10. The lowest BCUT2D eigenvalue weighted by Crippen LogP contribution is -2.49. The van der Waals surface area contributed by atoms with Crippen LogP contribution < -0.4 is 15.4 Å². The summed E-state index contributed by atoms with van der Waals surface area (Å²) in [6.07, 6.45) is 5.78. The zero-order valence-electron chi connectivity index (χ0n) is 17.5.